The van der Waals surface area contributed by atoms with Crippen molar-refractivity contribution in [1.82, 2.24) is 19.7 Å². The highest BCUT2D eigenvalue weighted by Gasteiger charge is 2.39. The molecule has 0 saturated carbocycles. The van der Waals surface area contributed by atoms with Crippen LogP contribution >= 0.6 is 0 Å². The number of para-hydroxylation sites is 1. The van der Waals surface area contributed by atoms with E-state index < -0.39 is 41.0 Å². The van der Waals surface area contributed by atoms with Gasteiger partial charge in [0.15, 0.2) is 0 Å². The number of carbonyl (C=O) groups is 2. The maximum absolute atomic E-state index is 13.4. The zero-order valence-electron chi connectivity index (χ0n) is 20.0. The Labute approximate surface area is 208 Å². The van der Waals surface area contributed by atoms with Gasteiger partial charge in [0, 0.05) is 56.4 Å². The third kappa shape index (κ3) is 5.52. The molecular weight excluding hydrogens is 502 g/mol. The number of hydrogen-bond donors (Lipinski definition) is 1. The molecule has 1 fully saturated rings. The van der Waals surface area contributed by atoms with Crippen molar-refractivity contribution in [3.8, 4) is 0 Å². The monoisotopic (exact) mass is 526 g/mol. The Morgan fingerprint density at radius 2 is 1.59 bits per heavy atom. The second-order valence-corrected chi connectivity index (χ2v) is 9.13. The number of rotatable bonds is 3. The molecule has 1 aromatic heterocycles. The third-order valence-corrected chi connectivity index (χ3v) is 6.36. The van der Waals surface area contributed by atoms with Gasteiger partial charge in [-0.3, -0.25) is 4.79 Å². The maximum atomic E-state index is 13.4. The molecule has 2 aromatic carbocycles. The van der Waals surface area contributed by atoms with Crippen LogP contribution in [0.1, 0.15) is 27.0 Å². The lowest BCUT2D eigenvalue weighted by Gasteiger charge is -2.42. The van der Waals surface area contributed by atoms with Crippen LogP contribution in [0.15, 0.2) is 48.7 Å². The van der Waals surface area contributed by atoms with E-state index in [0.29, 0.717) is 12.1 Å². The van der Waals surface area contributed by atoms with Gasteiger partial charge in [-0.1, -0.05) is 18.2 Å². The van der Waals surface area contributed by atoms with Crippen molar-refractivity contribution in [3.63, 3.8) is 0 Å². The lowest BCUT2D eigenvalue weighted by atomic mass is 9.99. The Morgan fingerprint density at radius 1 is 0.973 bits per heavy atom. The van der Waals surface area contributed by atoms with Gasteiger partial charge in [-0.25, -0.2) is 4.79 Å². The Kier molecular flexibility index (Phi) is 6.87. The first kappa shape index (κ1) is 26.4. The van der Waals surface area contributed by atoms with Crippen LogP contribution in [0.3, 0.4) is 0 Å². The number of amides is 3. The smallest absolute Gasteiger partial charge is 0.361 e. The first-order valence-electron chi connectivity index (χ1n) is 11.4. The van der Waals surface area contributed by atoms with Crippen LogP contribution in [0.5, 0.6) is 0 Å². The predicted molar refractivity (Wildman–Crippen MR) is 124 cm³/mol. The molecule has 0 aliphatic carbocycles. The SMILES string of the molecule is CN(C)C(=O)N1CCN(C(=O)c2cc(C(F)(F)F)cc(C(F)(F)F)c2)[C@H](Cc2c[nH]c3ccccc23)C1. The van der Waals surface area contributed by atoms with Crippen LogP contribution in [-0.4, -0.2) is 71.4 Å². The molecule has 12 heteroatoms. The zero-order chi connectivity index (χ0) is 27.1. The van der Waals surface area contributed by atoms with E-state index in [0.717, 1.165) is 16.5 Å². The fourth-order valence-electron chi connectivity index (χ4n) is 4.55. The van der Waals surface area contributed by atoms with E-state index >= 15 is 0 Å². The summed E-state index contributed by atoms with van der Waals surface area (Å²) in [6, 6.07) is 7.26. The number of benzene rings is 2. The molecule has 3 amide bonds. The number of nitrogens with zero attached hydrogens (tertiary/aromatic N) is 3. The third-order valence-electron chi connectivity index (χ3n) is 6.36. The first-order chi connectivity index (χ1) is 17.3. The highest BCUT2D eigenvalue weighted by molar-refractivity contribution is 5.95. The van der Waals surface area contributed by atoms with E-state index in [4.69, 9.17) is 0 Å². The summed E-state index contributed by atoms with van der Waals surface area (Å²) in [4.78, 5) is 33.3. The number of halogens is 6. The molecule has 198 valence electrons. The topological polar surface area (TPSA) is 59.7 Å². The number of H-pyrrole nitrogens is 1. The summed E-state index contributed by atoms with van der Waals surface area (Å²) in [5.41, 5.74) is -2.18. The van der Waals surface area contributed by atoms with Gasteiger partial charge in [-0.15, -0.1) is 0 Å². The number of carbonyl (C=O) groups excluding carboxylic acids is 2. The normalized spacial score (nSPS) is 16.8. The van der Waals surface area contributed by atoms with Crippen molar-refractivity contribution >= 4 is 22.8 Å². The Hall–Kier alpha value is -3.70. The molecule has 1 N–H and O–H groups in total. The second kappa shape index (κ2) is 9.64. The van der Waals surface area contributed by atoms with E-state index in [1.165, 1.54) is 14.7 Å². The van der Waals surface area contributed by atoms with Gasteiger partial charge < -0.3 is 19.7 Å². The first-order valence-corrected chi connectivity index (χ1v) is 11.4. The number of aromatic amines is 1. The Balaban J connectivity index is 1.72. The zero-order valence-corrected chi connectivity index (χ0v) is 20.0. The van der Waals surface area contributed by atoms with Crippen molar-refractivity contribution in [3.05, 3.63) is 70.9 Å². The van der Waals surface area contributed by atoms with E-state index in [9.17, 15) is 35.9 Å². The second-order valence-electron chi connectivity index (χ2n) is 9.13. The molecular formula is C25H24F6N4O2. The molecule has 1 atom stereocenters. The molecule has 0 unspecified atom stereocenters. The minimum atomic E-state index is -5.07. The lowest BCUT2D eigenvalue weighted by Crippen LogP contribution is -2.58. The summed E-state index contributed by atoms with van der Waals surface area (Å²) in [6.07, 6.45) is -8.17. The Morgan fingerprint density at radius 3 is 2.19 bits per heavy atom. The number of alkyl halides is 6. The van der Waals surface area contributed by atoms with Gasteiger partial charge in [0.2, 0.25) is 0 Å². The van der Waals surface area contributed by atoms with E-state index in [2.05, 4.69) is 4.98 Å². The van der Waals surface area contributed by atoms with E-state index in [1.54, 1.807) is 20.3 Å². The van der Waals surface area contributed by atoms with Crippen LogP contribution in [0.25, 0.3) is 10.9 Å². The van der Waals surface area contributed by atoms with Gasteiger partial charge in [0.25, 0.3) is 5.91 Å². The average molecular weight is 526 g/mol. The van der Waals surface area contributed by atoms with E-state index in [1.807, 2.05) is 24.3 Å². The number of urea groups is 1. The van der Waals surface area contributed by atoms with Crippen molar-refractivity contribution in [2.45, 2.75) is 24.8 Å². The highest BCUT2D eigenvalue weighted by Crippen LogP contribution is 2.37. The molecule has 4 rings (SSSR count). The fraction of sp³-hybridized carbons (Fsp3) is 0.360. The van der Waals surface area contributed by atoms with Crippen molar-refractivity contribution < 1.29 is 35.9 Å². The number of fused-ring (bicyclic) bond motifs is 1. The van der Waals surface area contributed by atoms with Crippen LogP contribution in [0, 0.1) is 0 Å². The lowest BCUT2D eigenvalue weighted by molar-refractivity contribution is -0.143. The summed E-state index contributed by atoms with van der Waals surface area (Å²) >= 11 is 0. The van der Waals surface area contributed by atoms with Crippen LogP contribution in [0.4, 0.5) is 31.1 Å². The highest BCUT2D eigenvalue weighted by atomic mass is 19.4. The summed E-state index contributed by atoms with van der Waals surface area (Å²) < 4.78 is 80.3. The van der Waals surface area contributed by atoms with Crippen LogP contribution in [-0.2, 0) is 18.8 Å². The number of aromatic nitrogens is 1. The van der Waals surface area contributed by atoms with Crippen LogP contribution < -0.4 is 0 Å². The molecule has 37 heavy (non-hydrogen) atoms. The average Bonchev–Trinajstić information content (AvgIpc) is 3.24. The summed E-state index contributed by atoms with van der Waals surface area (Å²) in [5.74, 6) is -0.960. The van der Waals surface area contributed by atoms with Gasteiger partial charge in [0.1, 0.15) is 0 Å². The van der Waals surface area contributed by atoms with Gasteiger partial charge >= 0.3 is 18.4 Å². The van der Waals surface area contributed by atoms with E-state index in [-0.39, 0.29) is 38.2 Å². The minimum absolute atomic E-state index is 0.00606. The summed E-state index contributed by atoms with van der Waals surface area (Å²) in [7, 11) is 3.13. The quantitative estimate of drug-likeness (QED) is 0.474. The van der Waals surface area contributed by atoms with Gasteiger partial charge in [-0.2, -0.15) is 26.3 Å². The van der Waals surface area contributed by atoms with Gasteiger partial charge in [-0.05, 0) is 36.2 Å². The molecule has 2 heterocycles. The largest absolute Gasteiger partial charge is 0.416 e. The summed E-state index contributed by atoms with van der Waals surface area (Å²) in [6.45, 7) is 0.0919. The van der Waals surface area contributed by atoms with Crippen molar-refractivity contribution in [1.29, 1.82) is 0 Å². The van der Waals surface area contributed by atoms with Crippen molar-refractivity contribution in [2.24, 2.45) is 0 Å². The molecule has 1 aliphatic heterocycles. The number of piperazine rings is 1. The summed E-state index contributed by atoms with van der Waals surface area (Å²) in [5, 5.41) is 0.865. The standard InChI is InChI=1S/C25H24F6N4O2/c1-33(2)23(37)34-7-8-35(19(14-34)11-16-13-32-21-6-4-3-5-20(16)21)22(36)15-9-17(24(26,27)28)12-18(10-15)25(29,30)31/h3-6,9-10,12-13,19,32H,7-8,11,14H2,1-2H3/t19-/m1/s1. The minimum Gasteiger partial charge on any atom is -0.361 e. The molecule has 1 saturated heterocycles. The number of hydrogen-bond acceptors (Lipinski definition) is 2. The molecule has 0 spiro atoms. The Bertz CT molecular complexity index is 1280. The molecule has 0 bridgehead atoms. The number of nitrogens with one attached hydrogen (secondary N) is 1. The molecule has 1 aliphatic rings. The molecule has 3 aromatic rings. The van der Waals surface area contributed by atoms with Crippen molar-refractivity contribution in [2.75, 3.05) is 33.7 Å². The van der Waals surface area contributed by atoms with Gasteiger partial charge in [0.05, 0.1) is 17.2 Å². The molecule has 6 nitrogen and oxygen atoms in total. The van der Waals surface area contributed by atoms with Crippen LogP contribution in [0.2, 0.25) is 0 Å². The maximum Gasteiger partial charge on any atom is 0.416 e. The fourth-order valence-corrected chi connectivity index (χ4v) is 4.55. The predicted octanol–water partition coefficient (Wildman–Crippen LogP) is 5.26. The molecule has 0 radical (unpaired) electrons.